The Bertz CT molecular complexity index is 939. The van der Waals surface area contributed by atoms with E-state index in [1.54, 1.807) is 6.20 Å². The highest BCUT2D eigenvalue weighted by molar-refractivity contribution is 6.30. The van der Waals surface area contributed by atoms with Crippen molar-refractivity contribution < 1.29 is 14.3 Å². The first-order valence-electron chi connectivity index (χ1n) is 9.28. The molecule has 0 bridgehead atoms. The first kappa shape index (κ1) is 16.8. The molecule has 1 aliphatic carbocycles. The first-order chi connectivity index (χ1) is 13.0. The average molecular weight is 383 g/mol. The second-order valence-electron chi connectivity index (χ2n) is 7.70. The van der Waals surface area contributed by atoms with Crippen LogP contribution in [0.25, 0.3) is 0 Å². The third kappa shape index (κ3) is 2.34. The van der Waals surface area contributed by atoms with Crippen LogP contribution in [0.15, 0.2) is 42.6 Å². The number of benzene rings is 1. The van der Waals surface area contributed by atoms with Gasteiger partial charge in [-0.2, -0.15) is 0 Å². The number of amides is 1. The number of hydrogen-bond acceptors (Lipinski definition) is 4. The van der Waals surface area contributed by atoms with E-state index in [0.717, 1.165) is 30.4 Å². The van der Waals surface area contributed by atoms with Crippen molar-refractivity contribution in [3.63, 3.8) is 0 Å². The zero-order valence-electron chi connectivity index (χ0n) is 14.8. The summed E-state index contributed by atoms with van der Waals surface area (Å²) in [6.45, 7) is 0.974. The van der Waals surface area contributed by atoms with Crippen molar-refractivity contribution in [2.45, 2.75) is 36.7 Å². The Morgan fingerprint density at radius 3 is 2.63 bits per heavy atom. The highest BCUT2D eigenvalue weighted by atomic mass is 35.5. The van der Waals surface area contributed by atoms with Gasteiger partial charge in [-0.15, -0.1) is 0 Å². The number of aromatic nitrogens is 1. The molecule has 27 heavy (non-hydrogen) atoms. The maximum absolute atomic E-state index is 13.5. The molecule has 0 N–H and O–H groups in total. The molecule has 1 amide bonds. The summed E-state index contributed by atoms with van der Waals surface area (Å²) in [6.07, 6.45) is 4.93. The number of halogens is 1. The van der Waals surface area contributed by atoms with Gasteiger partial charge >= 0.3 is 5.97 Å². The van der Waals surface area contributed by atoms with Gasteiger partial charge in [-0.3, -0.25) is 4.79 Å². The van der Waals surface area contributed by atoms with Crippen LogP contribution in [0.5, 0.6) is 0 Å². The standard InChI is InChI=1S/C21H19ClN2O3/c22-15-6-4-14(5-7-15)20(8-2-9-20)19(26)24-12-10-21(13-24)16-3-1-11-23-17(16)18(25)27-21/h1,3-7,11H,2,8-10,12-13H2/t21-/m0/s1. The molecule has 5 rings (SSSR count). The second-order valence-corrected chi connectivity index (χ2v) is 8.14. The molecule has 1 aromatic heterocycles. The Morgan fingerprint density at radius 1 is 1.15 bits per heavy atom. The van der Waals surface area contributed by atoms with E-state index < -0.39 is 17.0 Å². The van der Waals surface area contributed by atoms with Gasteiger partial charge in [-0.05, 0) is 36.6 Å². The van der Waals surface area contributed by atoms with Crippen molar-refractivity contribution in [3.8, 4) is 0 Å². The lowest BCUT2D eigenvalue weighted by Gasteiger charge is -2.43. The highest BCUT2D eigenvalue weighted by Crippen LogP contribution is 2.48. The van der Waals surface area contributed by atoms with Gasteiger partial charge < -0.3 is 9.64 Å². The summed E-state index contributed by atoms with van der Waals surface area (Å²) >= 11 is 6.02. The van der Waals surface area contributed by atoms with Crippen molar-refractivity contribution in [2.24, 2.45) is 0 Å². The molecule has 0 unspecified atom stereocenters. The molecule has 5 nitrogen and oxygen atoms in total. The second kappa shape index (κ2) is 5.80. The monoisotopic (exact) mass is 382 g/mol. The van der Waals surface area contributed by atoms with Crippen LogP contribution >= 0.6 is 11.6 Å². The zero-order valence-corrected chi connectivity index (χ0v) is 15.5. The fourth-order valence-corrected chi connectivity index (χ4v) is 4.83. The SMILES string of the molecule is O=C1O[C@]2(CCN(C(=O)C3(c4ccc(Cl)cc4)CCC3)C2)c2cccnc21. The normalized spacial score (nSPS) is 25.2. The summed E-state index contributed by atoms with van der Waals surface area (Å²) in [5, 5.41) is 0.669. The Kier molecular flexibility index (Phi) is 3.60. The largest absolute Gasteiger partial charge is 0.447 e. The molecule has 1 spiro atoms. The van der Waals surface area contributed by atoms with Gasteiger partial charge in [-0.1, -0.05) is 36.2 Å². The van der Waals surface area contributed by atoms with E-state index >= 15 is 0 Å². The lowest BCUT2D eigenvalue weighted by atomic mass is 9.63. The van der Waals surface area contributed by atoms with Crippen LogP contribution < -0.4 is 0 Å². The Balaban J connectivity index is 1.44. The minimum atomic E-state index is -0.749. The van der Waals surface area contributed by atoms with Crippen molar-refractivity contribution in [2.75, 3.05) is 13.1 Å². The van der Waals surface area contributed by atoms with Crippen LogP contribution in [0.4, 0.5) is 0 Å². The summed E-state index contributed by atoms with van der Waals surface area (Å²) in [5.41, 5.74) is 0.981. The lowest BCUT2D eigenvalue weighted by Crippen LogP contribution is -2.51. The number of carbonyl (C=O) groups is 2. The molecule has 2 fully saturated rings. The number of fused-ring (bicyclic) bond motifs is 2. The quantitative estimate of drug-likeness (QED) is 0.746. The maximum Gasteiger partial charge on any atom is 0.358 e. The summed E-state index contributed by atoms with van der Waals surface area (Å²) in [7, 11) is 0. The summed E-state index contributed by atoms with van der Waals surface area (Å²) in [6, 6.07) is 11.3. The van der Waals surface area contributed by atoms with E-state index in [1.165, 1.54) is 0 Å². The van der Waals surface area contributed by atoms with Crippen LogP contribution in [0, 0.1) is 0 Å². The van der Waals surface area contributed by atoms with Gasteiger partial charge in [0.2, 0.25) is 5.91 Å². The van der Waals surface area contributed by atoms with E-state index in [0.29, 0.717) is 30.2 Å². The molecule has 0 radical (unpaired) electrons. The molecule has 138 valence electrons. The number of ether oxygens (including phenoxy) is 1. The average Bonchev–Trinajstić information content (AvgIpc) is 3.18. The van der Waals surface area contributed by atoms with E-state index in [9.17, 15) is 9.59 Å². The number of rotatable bonds is 2. The van der Waals surface area contributed by atoms with Crippen LogP contribution in [0.2, 0.25) is 5.02 Å². The maximum atomic E-state index is 13.5. The Labute approximate surface area is 162 Å². The predicted octanol–water partition coefficient (Wildman–Crippen LogP) is 3.45. The van der Waals surface area contributed by atoms with Gasteiger partial charge in [0.25, 0.3) is 0 Å². The number of carbonyl (C=O) groups excluding carboxylic acids is 2. The van der Waals surface area contributed by atoms with Crippen LogP contribution in [-0.4, -0.2) is 34.8 Å². The van der Waals surface area contributed by atoms with Crippen molar-refractivity contribution in [1.82, 2.24) is 9.88 Å². The minimum Gasteiger partial charge on any atom is -0.447 e. The predicted molar refractivity (Wildman–Crippen MR) is 99.5 cm³/mol. The number of pyridine rings is 1. The minimum absolute atomic E-state index is 0.126. The number of likely N-dealkylation sites (tertiary alicyclic amines) is 1. The van der Waals surface area contributed by atoms with Crippen LogP contribution in [-0.2, 0) is 20.5 Å². The van der Waals surface area contributed by atoms with Crippen molar-refractivity contribution in [1.29, 1.82) is 0 Å². The van der Waals surface area contributed by atoms with E-state index in [1.807, 2.05) is 41.3 Å². The van der Waals surface area contributed by atoms with Crippen molar-refractivity contribution >= 4 is 23.5 Å². The van der Waals surface area contributed by atoms with Gasteiger partial charge in [-0.25, -0.2) is 9.78 Å². The first-order valence-corrected chi connectivity index (χ1v) is 9.66. The molecule has 6 heteroatoms. The fourth-order valence-electron chi connectivity index (χ4n) is 4.70. The van der Waals surface area contributed by atoms with Crippen LogP contribution in [0.3, 0.4) is 0 Å². The summed E-state index contributed by atoms with van der Waals surface area (Å²) in [4.78, 5) is 31.8. The van der Waals surface area contributed by atoms with Gasteiger partial charge in [0, 0.05) is 29.7 Å². The molecule has 3 heterocycles. The Morgan fingerprint density at radius 2 is 1.93 bits per heavy atom. The molecular weight excluding hydrogens is 364 g/mol. The number of esters is 1. The molecular formula is C21H19ClN2O3. The summed E-state index contributed by atoms with van der Waals surface area (Å²) < 4.78 is 5.73. The molecule has 2 aromatic rings. The highest BCUT2D eigenvalue weighted by Gasteiger charge is 2.55. The van der Waals surface area contributed by atoms with Gasteiger partial charge in [0.15, 0.2) is 11.3 Å². The fraction of sp³-hybridized carbons (Fsp3) is 0.381. The zero-order chi connectivity index (χ0) is 18.6. The van der Waals surface area contributed by atoms with E-state index in [4.69, 9.17) is 16.3 Å². The molecule has 1 atom stereocenters. The topological polar surface area (TPSA) is 59.5 Å². The van der Waals surface area contributed by atoms with E-state index in [-0.39, 0.29) is 5.91 Å². The van der Waals surface area contributed by atoms with Crippen LogP contribution in [0.1, 0.15) is 47.3 Å². The molecule has 1 saturated carbocycles. The molecule has 1 saturated heterocycles. The van der Waals surface area contributed by atoms with Gasteiger partial charge in [0.05, 0.1) is 12.0 Å². The molecule has 3 aliphatic rings. The Hall–Kier alpha value is -2.40. The smallest absolute Gasteiger partial charge is 0.358 e. The number of nitrogens with zero attached hydrogens (tertiary/aromatic N) is 2. The van der Waals surface area contributed by atoms with Crippen molar-refractivity contribution in [3.05, 3.63) is 64.4 Å². The third-order valence-corrected chi connectivity index (χ3v) is 6.56. The number of hydrogen-bond donors (Lipinski definition) is 0. The van der Waals surface area contributed by atoms with Gasteiger partial charge in [0.1, 0.15) is 0 Å². The third-order valence-electron chi connectivity index (χ3n) is 6.31. The molecule has 1 aromatic carbocycles. The molecule has 2 aliphatic heterocycles. The summed E-state index contributed by atoms with van der Waals surface area (Å²) in [5.74, 6) is -0.266. The lowest BCUT2D eigenvalue weighted by molar-refractivity contribution is -0.140. The van der Waals surface area contributed by atoms with E-state index in [2.05, 4.69) is 4.98 Å².